The molecule has 2 fully saturated rings. The Morgan fingerprint density at radius 3 is 2.76 bits per heavy atom. The summed E-state index contributed by atoms with van der Waals surface area (Å²) in [7, 11) is 0. The summed E-state index contributed by atoms with van der Waals surface area (Å²) in [5, 5.41) is 3.34. The predicted molar refractivity (Wildman–Crippen MR) is 72.2 cm³/mol. The van der Waals surface area contributed by atoms with Crippen LogP contribution in [0.5, 0.6) is 0 Å². The smallest absolute Gasteiger partial charge is 0.188 e. The number of nitrogens with zero attached hydrogens (tertiary/aromatic N) is 2. The number of nitrogens with one attached hydrogen (secondary N) is 1. The Morgan fingerprint density at radius 2 is 2.06 bits per heavy atom. The highest BCUT2D eigenvalue weighted by Crippen LogP contribution is 2.18. The molecule has 1 heterocycles. The van der Waals surface area contributed by atoms with Crippen LogP contribution in [-0.2, 0) is 0 Å². The number of nitrogens with two attached hydrogens (primary N) is 1. The molecule has 2 rings (SSSR count). The monoisotopic (exact) mass is 238 g/mol. The lowest BCUT2D eigenvalue weighted by Gasteiger charge is -2.21. The average Bonchev–Trinajstić information content (AvgIpc) is 2.96. The van der Waals surface area contributed by atoms with Crippen molar-refractivity contribution in [2.45, 2.75) is 57.5 Å². The van der Waals surface area contributed by atoms with Crippen molar-refractivity contribution in [3.8, 4) is 0 Å². The number of aliphatic imine (C=N–C) groups is 1. The third kappa shape index (κ3) is 3.60. The van der Waals surface area contributed by atoms with E-state index in [1.54, 1.807) is 0 Å². The van der Waals surface area contributed by atoms with Crippen molar-refractivity contribution in [2.24, 2.45) is 10.7 Å². The quantitative estimate of drug-likeness (QED) is 0.574. The summed E-state index contributed by atoms with van der Waals surface area (Å²) in [5.41, 5.74) is 5.94. The minimum absolute atomic E-state index is 0.574. The van der Waals surface area contributed by atoms with E-state index in [1.165, 1.54) is 45.1 Å². The van der Waals surface area contributed by atoms with Crippen LogP contribution < -0.4 is 11.1 Å². The maximum absolute atomic E-state index is 5.94. The summed E-state index contributed by atoms with van der Waals surface area (Å²) in [6, 6.07) is 1.19. The molecular weight excluding hydrogens is 212 g/mol. The molecule has 1 aliphatic heterocycles. The molecule has 0 spiro atoms. The molecule has 0 radical (unpaired) electrons. The fourth-order valence-corrected chi connectivity index (χ4v) is 3.05. The topological polar surface area (TPSA) is 53.6 Å². The first-order valence-electron chi connectivity index (χ1n) is 7.10. The lowest BCUT2D eigenvalue weighted by Crippen LogP contribution is -2.40. The summed E-state index contributed by atoms with van der Waals surface area (Å²) in [6.45, 7) is 5.45. The first-order valence-corrected chi connectivity index (χ1v) is 7.10. The Balaban J connectivity index is 1.74. The van der Waals surface area contributed by atoms with Gasteiger partial charge >= 0.3 is 0 Å². The van der Waals surface area contributed by atoms with Crippen molar-refractivity contribution in [1.29, 1.82) is 0 Å². The van der Waals surface area contributed by atoms with Crippen LogP contribution in [-0.4, -0.2) is 42.6 Å². The standard InChI is InChI=1S/C13H26N4/c1-2-17-9-5-8-12(17)10-15-13(14)16-11-6-3-4-7-11/h11-12H,2-10H2,1H3,(H3,14,15,16). The number of rotatable bonds is 4. The zero-order valence-electron chi connectivity index (χ0n) is 11.0. The van der Waals surface area contributed by atoms with Gasteiger partial charge in [0, 0.05) is 12.1 Å². The van der Waals surface area contributed by atoms with Gasteiger partial charge < -0.3 is 11.1 Å². The van der Waals surface area contributed by atoms with Gasteiger partial charge in [-0.1, -0.05) is 19.8 Å². The number of hydrogen-bond acceptors (Lipinski definition) is 2. The molecule has 0 amide bonds. The Bertz CT molecular complexity index is 258. The largest absolute Gasteiger partial charge is 0.370 e. The Morgan fingerprint density at radius 1 is 1.29 bits per heavy atom. The molecule has 1 aliphatic carbocycles. The van der Waals surface area contributed by atoms with Crippen LogP contribution in [0.15, 0.2) is 4.99 Å². The van der Waals surface area contributed by atoms with E-state index in [0.717, 1.165) is 13.1 Å². The molecular formula is C13H26N4. The molecule has 0 bridgehead atoms. The van der Waals surface area contributed by atoms with Gasteiger partial charge in [-0.2, -0.15) is 0 Å². The highest BCUT2D eigenvalue weighted by Gasteiger charge is 2.22. The molecule has 2 aliphatic rings. The number of likely N-dealkylation sites (tertiary alicyclic amines) is 1. The first kappa shape index (κ1) is 12.7. The molecule has 1 atom stereocenters. The minimum Gasteiger partial charge on any atom is -0.370 e. The summed E-state index contributed by atoms with van der Waals surface area (Å²) in [5.74, 6) is 0.653. The van der Waals surface area contributed by atoms with Gasteiger partial charge in [-0.3, -0.25) is 9.89 Å². The van der Waals surface area contributed by atoms with Crippen LogP contribution in [0.25, 0.3) is 0 Å². The first-order chi connectivity index (χ1) is 8.29. The van der Waals surface area contributed by atoms with Gasteiger partial charge in [-0.25, -0.2) is 0 Å². The molecule has 17 heavy (non-hydrogen) atoms. The summed E-state index contributed by atoms with van der Waals surface area (Å²) in [6.07, 6.45) is 7.74. The average molecular weight is 238 g/mol. The van der Waals surface area contributed by atoms with Crippen molar-refractivity contribution in [1.82, 2.24) is 10.2 Å². The third-order valence-corrected chi connectivity index (χ3v) is 4.08. The number of likely N-dealkylation sites (N-methyl/N-ethyl adjacent to an activating group) is 1. The molecule has 1 unspecified atom stereocenters. The van der Waals surface area contributed by atoms with Gasteiger partial charge in [0.25, 0.3) is 0 Å². The highest BCUT2D eigenvalue weighted by atomic mass is 15.2. The maximum Gasteiger partial charge on any atom is 0.188 e. The molecule has 0 aromatic rings. The molecule has 3 N–H and O–H groups in total. The lowest BCUT2D eigenvalue weighted by atomic mass is 10.2. The second-order valence-corrected chi connectivity index (χ2v) is 5.28. The number of guanidine groups is 1. The second kappa shape index (κ2) is 6.24. The van der Waals surface area contributed by atoms with Gasteiger partial charge in [0.05, 0.1) is 6.54 Å². The van der Waals surface area contributed by atoms with E-state index in [1.807, 2.05) is 0 Å². The van der Waals surface area contributed by atoms with Crippen LogP contribution in [0.3, 0.4) is 0 Å². The molecule has 1 saturated carbocycles. The van der Waals surface area contributed by atoms with Gasteiger partial charge in [0.15, 0.2) is 5.96 Å². The van der Waals surface area contributed by atoms with Crippen LogP contribution in [0.4, 0.5) is 0 Å². The van der Waals surface area contributed by atoms with Crippen molar-refractivity contribution >= 4 is 5.96 Å². The van der Waals surface area contributed by atoms with Crippen molar-refractivity contribution < 1.29 is 0 Å². The maximum atomic E-state index is 5.94. The fourth-order valence-electron chi connectivity index (χ4n) is 3.05. The zero-order chi connectivity index (χ0) is 12.1. The van der Waals surface area contributed by atoms with E-state index in [2.05, 4.69) is 22.1 Å². The highest BCUT2D eigenvalue weighted by molar-refractivity contribution is 5.78. The van der Waals surface area contributed by atoms with E-state index in [0.29, 0.717) is 18.0 Å². The number of hydrogen-bond donors (Lipinski definition) is 2. The van der Waals surface area contributed by atoms with E-state index >= 15 is 0 Å². The predicted octanol–water partition coefficient (Wildman–Crippen LogP) is 1.32. The minimum atomic E-state index is 0.574. The van der Waals surface area contributed by atoms with Crippen molar-refractivity contribution in [3.05, 3.63) is 0 Å². The van der Waals surface area contributed by atoms with Gasteiger partial charge in [-0.15, -0.1) is 0 Å². The molecule has 98 valence electrons. The summed E-state index contributed by atoms with van der Waals surface area (Å²) >= 11 is 0. The van der Waals surface area contributed by atoms with Crippen molar-refractivity contribution in [3.63, 3.8) is 0 Å². The Labute approximate surface area is 105 Å². The summed E-state index contributed by atoms with van der Waals surface area (Å²) < 4.78 is 0. The second-order valence-electron chi connectivity index (χ2n) is 5.28. The summed E-state index contributed by atoms with van der Waals surface area (Å²) in [4.78, 5) is 7.02. The third-order valence-electron chi connectivity index (χ3n) is 4.08. The Hall–Kier alpha value is -0.770. The molecule has 4 nitrogen and oxygen atoms in total. The van der Waals surface area contributed by atoms with E-state index in [9.17, 15) is 0 Å². The van der Waals surface area contributed by atoms with Crippen LogP contribution in [0.2, 0.25) is 0 Å². The molecule has 0 aromatic carbocycles. The zero-order valence-corrected chi connectivity index (χ0v) is 11.0. The normalized spacial score (nSPS) is 27.8. The van der Waals surface area contributed by atoms with Crippen molar-refractivity contribution in [2.75, 3.05) is 19.6 Å². The van der Waals surface area contributed by atoms with Gasteiger partial charge in [-0.05, 0) is 38.8 Å². The molecule has 0 aromatic heterocycles. The molecule has 1 saturated heterocycles. The van der Waals surface area contributed by atoms with Crippen LogP contribution >= 0.6 is 0 Å². The molecule has 4 heteroatoms. The van der Waals surface area contributed by atoms with Crippen LogP contribution in [0.1, 0.15) is 45.4 Å². The lowest BCUT2D eigenvalue weighted by molar-refractivity contribution is 0.273. The Kier molecular flexibility index (Phi) is 4.66. The fraction of sp³-hybridized carbons (Fsp3) is 0.923. The SMILES string of the molecule is CCN1CCCC1CN=C(N)NC1CCCC1. The van der Waals surface area contributed by atoms with Crippen LogP contribution in [0, 0.1) is 0 Å². The van der Waals surface area contributed by atoms with Gasteiger partial charge in [0.2, 0.25) is 0 Å². The van der Waals surface area contributed by atoms with E-state index < -0.39 is 0 Å². The van der Waals surface area contributed by atoms with Gasteiger partial charge in [0.1, 0.15) is 0 Å². The van der Waals surface area contributed by atoms with E-state index in [4.69, 9.17) is 5.73 Å². The van der Waals surface area contributed by atoms with E-state index in [-0.39, 0.29) is 0 Å².